The van der Waals surface area contributed by atoms with Crippen molar-refractivity contribution in [3.8, 4) is 0 Å². The van der Waals surface area contributed by atoms with Crippen LogP contribution < -0.4 is 0 Å². The second-order valence-corrected chi connectivity index (χ2v) is 8.06. The molecule has 124 valence electrons. The molecule has 0 amide bonds. The van der Waals surface area contributed by atoms with Crippen molar-refractivity contribution < 1.29 is 136 Å². The topological polar surface area (TPSA) is 20.2 Å². The summed E-state index contributed by atoms with van der Waals surface area (Å²) in [6, 6.07) is 0. The molecule has 0 aromatic heterocycles. The minimum Gasteiger partial charge on any atom is -0.393 e. The Morgan fingerprint density at radius 3 is 2.13 bits per heavy atom. The Morgan fingerprint density at radius 1 is 0.957 bits per heavy atom. The molecular weight excluding hydrogens is 588 g/mol. The monoisotopic (exact) mass is 622 g/mol. The van der Waals surface area contributed by atoms with Gasteiger partial charge in [0.1, 0.15) is 0 Å². The van der Waals surface area contributed by atoms with E-state index in [1.54, 1.807) is 0 Å². The number of hydrogen-bond donors (Lipinski definition) is 1. The molecule has 0 bridgehead atoms. The van der Waals surface area contributed by atoms with E-state index in [-0.39, 0.29) is 137 Å². The van der Waals surface area contributed by atoms with Gasteiger partial charge in [0.2, 0.25) is 0 Å². The summed E-state index contributed by atoms with van der Waals surface area (Å²) in [7, 11) is 0. The molecule has 2 aliphatic rings. The van der Waals surface area contributed by atoms with Crippen molar-refractivity contribution in [2.75, 3.05) is 0 Å². The van der Waals surface area contributed by atoms with Crippen LogP contribution >= 0.6 is 0 Å². The largest absolute Gasteiger partial charge is 0.393 e. The van der Waals surface area contributed by atoms with Crippen molar-refractivity contribution in [1.82, 2.24) is 0 Å². The first-order valence-electron chi connectivity index (χ1n) is 8.63. The predicted octanol–water partition coefficient (Wildman–Crippen LogP) is 5.02. The maximum atomic E-state index is 10.3. The van der Waals surface area contributed by atoms with Gasteiger partial charge >= 0.3 is 0 Å². The van der Waals surface area contributed by atoms with Crippen LogP contribution in [0.5, 0.6) is 0 Å². The van der Waals surface area contributed by atoms with Crippen LogP contribution in [-0.2, 0) is 131 Å². The Morgan fingerprint density at radius 2 is 1.57 bits per heavy atom. The fraction of sp³-hybridized carbons (Fsp3) is 1.00. The van der Waals surface area contributed by atoms with E-state index in [1.807, 2.05) is 0 Å². The van der Waals surface area contributed by atoms with E-state index in [9.17, 15) is 5.11 Å². The molecule has 0 aromatic carbocycles. The Balaban J connectivity index is -0.000001000. The summed E-state index contributed by atoms with van der Waals surface area (Å²) in [5, 5.41) is 10.3. The molecule has 1 N–H and O–H groups in total. The van der Waals surface area contributed by atoms with Crippen LogP contribution in [0, 0.1) is 29.1 Å². The van der Waals surface area contributed by atoms with Gasteiger partial charge in [-0.15, -0.1) is 0 Å². The second-order valence-electron chi connectivity index (χ2n) is 8.06. The SMILES string of the molecule is CC(C)CCC[C@@H](C)C1CC[C@H]2[C@@H](O)CCC[C@]12C.[Y].[Y].[Y].[Y]. The van der Waals surface area contributed by atoms with E-state index in [0.717, 1.165) is 24.2 Å². The first-order chi connectivity index (χ1) is 8.95. The third-order valence-electron chi connectivity index (χ3n) is 6.29. The summed E-state index contributed by atoms with van der Waals surface area (Å²) in [6.07, 6.45) is 10.4. The van der Waals surface area contributed by atoms with Crippen molar-refractivity contribution in [2.45, 2.75) is 85.2 Å². The minimum absolute atomic E-state index is 0. The van der Waals surface area contributed by atoms with Gasteiger partial charge in [-0.3, -0.25) is 0 Å². The molecule has 2 aliphatic carbocycles. The first-order valence-corrected chi connectivity index (χ1v) is 8.63. The van der Waals surface area contributed by atoms with Gasteiger partial charge in [0.05, 0.1) is 6.10 Å². The average molecular weight is 622 g/mol. The van der Waals surface area contributed by atoms with Crippen LogP contribution in [-0.4, -0.2) is 11.2 Å². The van der Waals surface area contributed by atoms with E-state index >= 15 is 0 Å². The van der Waals surface area contributed by atoms with Gasteiger partial charge in [-0.25, -0.2) is 0 Å². The fourth-order valence-electron chi connectivity index (χ4n) is 5.17. The van der Waals surface area contributed by atoms with Crippen LogP contribution in [0.2, 0.25) is 0 Å². The standard InChI is InChI=1S/C18H34O.4Y/c1-13(2)7-5-8-14(3)15-10-11-16-17(19)9-6-12-18(15,16)4;;;;/h13-17,19H,5-12H2,1-4H3;;;;/t14-,15?,16+,17+,18-;;;;/m1..../s1. The average Bonchev–Trinajstić information content (AvgIpc) is 2.67. The zero-order chi connectivity index (χ0) is 14.0. The molecule has 2 fully saturated rings. The molecule has 2 rings (SSSR count). The summed E-state index contributed by atoms with van der Waals surface area (Å²) in [6.45, 7) is 9.61. The zero-order valence-electron chi connectivity index (χ0n) is 15.8. The summed E-state index contributed by atoms with van der Waals surface area (Å²) in [5.41, 5.74) is 0.439. The quantitative estimate of drug-likeness (QED) is 0.458. The van der Waals surface area contributed by atoms with Gasteiger partial charge in [-0.05, 0) is 54.8 Å². The maximum absolute atomic E-state index is 10.3. The number of hydrogen-bond acceptors (Lipinski definition) is 1. The molecule has 1 nitrogen and oxygen atoms in total. The second kappa shape index (κ2) is 15.2. The van der Waals surface area contributed by atoms with Crippen LogP contribution in [0.15, 0.2) is 0 Å². The van der Waals surface area contributed by atoms with Crippen LogP contribution in [0.4, 0.5) is 0 Å². The molecule has 4 radical (unpaired) electrons. The van der Waals surface area contributed by atoms with Crippen molar-refractivity contribution in [1.29, 1.82) is 0 Å². The number of rotatable bonds is 5. The number of aliphatic hydroxyl groups excluding tert-OH is 1. The Labute approximate surface area is 245 Å². The molecule has 0 aliphatic heterocycles. The van der Waals surface area contributed by atoms with Gasteiger partial charge < -0.3 is 5.11 Å². The Kier molecular flexibility index (Phi) is 21.2. The van der Waals surface area contributed by atoms with Crippen molar-refractivity contribution in [2.24, 2.45) is 29.1 Å². The van der Waals surface area contributed by atoms with Gasteiger partial charge in [-0.1, -0.05) is 53.4 Å². The van der Waals surface area contributed by atoms with E-state index in [0.29, 0.717) is 11.3 Å². The summed E-state index contributed by atoms with van der Waals surface area (Å²) < 4.78 is 0. The van der Waals surface area contributed by atoms with Gasteiger partial charge in [0.25, 0.3) is 0 Å². The van der Waals surface area contributed by atoms with Crippen LogP contribution in [0.3, 0.4) is 0 Å². The Hall–Kier alpha value is 4.38. The molecule has 5 atom stereocenters. The molecule has 2 saturated carbocycles. The van der Waals surface area contributed by atoms with E-state index in [2.05, 4.69) is 27.7 Å². The molecule has 0 spiro atoms. The van der Waals surface area contributed by atoms with Gasteiger partial charge in [0, 0.05) is 131 Å². The molecule has 0 heterocycles. The van der Waals surface area contributed by atoms with Crippen molar-refractivity contribution >= 4 is 0 Å². The predicted molar refractivity (Wildman–Crippen MR) is 82.0 cm³/mol. The van der Waals surface area contributed by atoms with E-state index < -0.39 is 0 Å². The molecule has 5 heteroatoms. The molecule has 0 aromatic rings. The number of fused-ring (bicyclic) bond motifs is 1. The van der Waals surface area contributed by atoms with Gasteiger partial charge in [-0.2, -0.15) is 0 Å². The number of aliphatic hydroxyl groups is 1. The van der Waals surface area contributed by atoms with Crippen LogP contribution in [0.25, 0.3) is 0 Å². The zero-order valence-corrected chi connectivity index (χ0v) is 27.2. The minimum atomic E-state index is -0.00776. The normalized spacial score (nSPS) is 33.4. The third-order valence-corrected chi connectivity index (χ3v) is 6.29. The molecule has 1 unspecified atom stereocenters. The summed E-state index contributed by atoms with van der Waals surface area (Å²) in [5.74, 6) is 3.15. The first kappa shape index (κ1) is 32.1. The Bertz CT molecular complexity index is 301. The fourth-order valence-corrected chi connectivity index (χ4v) is 5.17. The van der Waals surface area contributed by atoms with E-state index in [1.165, 1.54) is 44.9 Å². The molecule has 0 saturated heterocycles. The summed E-state index contributed by atoms with van der Waals surface area (Å²) in [4.78, 5) is 0. The van der Waals surface area contributed by atoms with Crippen LogP contribution in [0.1, 0.15) is 79.1 Å². The van der Waals surface area contributed by atoms with Gasteiger partial charge in [0.15, 0.2) is 0 Å². The van der Waals surface area contributed by atoms with Crippen molar-refractivity contribution in [3.63, 3.8) is 0 Å². The molecule has 23 heavy (non-hydrogen) atoms. The molecular formula is C18H34OY4. The summed E-state index contributed by atoms with van der Waals surface area (Å²) >= 11 is 0. The maximum Gasteiger partial charge on any atom is 0.0573 e. The third kappa shape index (κ3) is 8.73. The van der Waals surface area contributed by atoms with Crippen molar-refractivity contribution in [3.05, 3.63) is 0 Å². The van der Waals surface area contributed by atoms with E-state index in [4.69, 9.17) is 0 Å². The smallest absolute Gasteiger partial charge is 0.0573 e.